The van der Waals surface area contributed by atoms with Crippen molar-refractivity contribution in [3.05, 3.63) is 82.4 Å². The van der Waals surface area contributed by atoms with Crippen LogP contribution >= 0.6 is 0 Å². The lowest BCUT2D eigenvalue weighted by molar-refractivity contribution is 0.0832. The molecule has 7 nitrogen and oxygen atoms in total. The summed E-state index contributed by atoms with van der Waals surface area (Å²) in [6.45, 7) is 13.5. The van der Waals surface area contributed by atoms with E-state index in [1.807, 2.05) is 81.6 Å². The van der Waals surface area contributed by atoms with Crippen molar-refractivity contribution in [2.45, 2.75) is 58.0 Å². The van der Waals surface area contributed by atoms with Gasteiger partial charge in [0.25, 0.3) is 10.0 Å². The van der Waals surface area contributed by atoms with E-state index >= 15 is 8.42 Å². The van der Waals surface area contributed by atoms with Crippen LogP contribution in [0.25, 0.3) is 22.2 Å². The van der Waals surface area contributed by atoms with Crippen molar-refractivity contribution in [2.75, 3.05) is 33.2 Å². The summed E-state index contributed by atoms with van der Waals surface area (Å²) in [6.07, 6.45) is 3.46. The lowest BCUT2D eigenvalue weighted by atomic mass is 9.88. The smallest absolute Gasteiger partial charge is 0.269 e. The zero-order valence-corrected chi connectivity index (χ0v) is 26.3. The Kier molecular flexibility index (Phi) is 7.18. The monoisotopic (exact) mass is 584 g/mol. The van der Waals surface area contributed by atoms with Crippen LogP contribution in [0.2, 0.25) is 0 Å². The van der Waals surface area contributed by atoms with Crippen molar-refractivity contribution >= 4 is 27.1 Å². The fourth-order valence-electron chi connectivity index (χ4n) is 6.36. The number of aromatic nitrogens is 1. The number of fused-ring (bicyclic) bond motifs is 2. The molecular formula is C34H40N4O3S. The Morgan fingerprint density at radius 2 is 1.55 bits per heavy atom. The van der Waals surface area contributed by atoms with Crippen molar-refractivity contribution < 1.29 is 13.2 Å². The Bertz CT molecular complexity index is 1800. The SMILES string of the molecule is Cc1c(C)c(S(=O)(=O)n2c(-c3ccccc3)c(/C=N/N3CCN(C)CC3)c3ccccc32)c(C)c2c1OC(C)(C)CC2. The molecule has 0 atom stereocenters. The summed E-state index contributed by atoms with van der Waals surface area (Å²) >= 11 is 0. The Morgan fingerprint density at radius 1 is 0.881 bits per heavy atom. The molecule has 0 amide bonds. The van der Waals surface area contributed by atoms with Gasteiger partial charge in [0.05, 0.1) is 22.3 Å². The predicted molar refractivity (Wildman–Crippen MR) is 170 cm³/mol. The van der Waals surface area contributed by atoms with Gasteiger partial charge in [0.15, 0.2) is 0 Å². The summed E-state index contributed by atoms with van der Waals surface area (Å²) in [7, 11) is -1.92. The maximum absolute atomic E-state index is 15.1. The second-order valence-corrected chi connectivity index (χ2v) is 14.0. The molecule has 0 radical (unpaired) electrons. The van der Waals surface area contributed by atoms with Crippen molar-refractivity contribution in [3.8, 4) is 17.0 Å². The van der Waals surface area contributed by atoms with Crippen LogP contribution in [0, 0.1) is 20.8 Å². The normalized spacial score (nSPS) is 17.5. The average molecular weight is 585 g/mol. The van der Waals surface area contributed by atoms with Gasteiger partial charge in [-0.05, 0) is 88.4 Å². The molecule has 8 heteroatoms. The highest BCUT2D eigenvalue weighted by Crippen LogP contribution is 2.44. The highest BCUT2D eigenvalue weighted by atomic mass is 32.2. The summed E-state index contributed by atoms with van der Waals surface area (Å²) in [4.78, 5) is 2.65. The molecular weight excluding hydrogens is 544 g/mol. The first-order valence-electron chi connectivity index (χ1n) is 14.7. The van der Waals surface area contributed by atoms with Crippen LogP contribution < -0.4 is 4.74 Å². The second-order valence-electron chi connectivity index (χ2n) is 12.3. The third-order valence-corrected chi connectivity index (χ3v) is 10.9. The average Bonchev–Trinajstić information content (AvgIpc) is 3.31. The molecule has 0 unspecified atom stereocenters. The molecule has 6 rings (SSSR count). The number of hydrogen-bond donors (Lipinski definition) is 0. The fourth-order valence-corrected chi connectivity index (χ4v) is 8.46. The number of ether oxygens (including phenoxy) is 1. The molecule has 220 valence electrons. The topological polar surface area (TPSA) is 67.1 Å². The molecule has 3 aromatic carbocycles. The minimum atomic E-state index is -4.04. The van der Waals surface area contributed by atoms with Gasteiger partial charge in [-0.3, -0.25) is 5.01 Å². The molecule has 2 aliphatic rings. The lowest BCUT2D eigenvalue weighted by Crippen LogP contribution is -2.41. The minimum Gasteiger partial charge on any atom is -0.487 e. The van der Waals surface area contributed by atoms with Crippen LogP contribution in [0.15, 0.2) is 64.6 Å². The molecule has 3 heterocycles. The number of rotatable bonds is 5. The number of hydrazone groups is 1. The molecule has 0 saturated carbocycles. The van der Waals surface area contributed by atoms with Gasteiger partial charge in [-0.15, -0.1) is 0 Å². The van der Waals surface area contributed by atoms with Crippen LogP contribution in [0.4, 0.5) is 0 Å². The van der Waals surface area contributed by atoms with Gasteiger partial charge in [0, 0.05) is 37.1 Å². The van der Waals surface area contributed by atoms with E-state index in [9.17, 15) is 0 Å². The zero-order chi connectivity index (χ0) is 29.8. The Labute approximate surface area is 249 Å². The Morgan fingerprint density at radius 3 is 2.26 bits per heavy atom. The van der Waals surface area contributed by atoms with Crippen LogP contribution in [-0.2, 0) is 16.4 Å². The number of hydrogen-bond acceptors (Lipinski definition) is 6. The molecule has 0 aliphatic carbocycles. The summed E-state index contributed by atoms with van der Waals surface area (Å²) in [5.74, 6) is 0.834. The fraction of sp³-hybridized carbons (Fsp3) is 0.382. The van der Waals surface area contributed by atoms with Crippen LogP contribution in [0.1, 0.15) is 48.1 Å². The third kappa shape index (κ3) is 4.80. The first-order valence-corrected chi connectivity index (χ1v) is 16.2. The van der Waals surface area contributed by atoms with Gasteiger partial charge in [-0.1, -0.05) is 48.5 Å². The highest BCUT2D eigenvalue weighted by Gasteiger charge is 2.36. The molecule has 2 aliphatic heterocycles. The van der Waals surface area contributed by atoms with Gasteiger partial charge in [0.2, 0.25) is 0 Å². The number of piperazine rings is 1. The second kappa shape index (κ2) is 10.6. The van der Waals surface area contributed by atoms with E-state index in [1.54, 1.807) is 3.97 Å². The van der Waals surface area contributed by atoms with E-state index in [0.29, 0.717) is 16.1 Å². The standard InChI is InChI=1S/C34H40N4O3S/c1-23-24(2)33(25(3)27-16-17-34(4,5)41-32(23)27)42(39,40)38-30-15-11-10-14-28(30)29(31(38)26-12-8-7-9-13-26)22-35-37-20-18-36(6)19-21-37/h7-15,22H,16-21H2,1-6H3/b35-22+. The summed E-state index contributed by atoms with van der Waals surface area (Å²) < 4.78 is 38.1. The predicted octanol–water partition coefficient (Wildman–Crippen LogP) is 6.16. The van der Waals surface area contributed by atoms with Gasteiger partial charge in [-0.25, -0.2) is 12.4 Å². The zero-order valence-electron chi connectivity index (χ0n) is 25.4. The first-order chi connectivity index (χ1) is 20.0. The Balaban J connectivity index is 1.61. The summed E-state index contributed by atoms with van der Waals surface area (Å²) in [5.41, 5.74) is 5.99. The van der Waals surface area contributed by atoms with Gasteiger partial charge in [-0.2, -0.15) is 5.10 Å². The quantitative estimate of drug-likeness (QED) is 0.263. The highest BCUT2D eigenvalue weighted by molar-refractivity contribution is 7.90. The number of para-hydroxylation sites is 1. The van der Waals surface area contributed by atoms with E-state index in [0.717, 1.165) is 83.5 Å². The van der Waals surface area contributed by atoms with Crippen molar-refractivity contribution in [2.24, 2.45) is 5.10 Å². The molecule has 0 N–H and O–H groups in total. The van der Waals surface area contributed by atoms with Crippen molar-refractivity contribution in [1.82, 2.24) is 13.9 Å². The molecule has 4 aromatic rings. The number of benzene rings is 3. The largest absolute Gasteiger partial charge is 0.487 e. The van der Waals surface area contributed by atoms with E-state index in [4.69, 9.17) is 9.84 Å². The summed E-state index contributed by atoms with van der Waals surface area (Å²) in [6, 6.07) is 17.5. The van der Waals surface area contributed by atoms with Gasteiger partial charge >= 0.3 is 0 Å². The lowest BCUT2D eigenvalue weighted by Gasteiger charge is -2.35. The molecule has 1 fully saturated rings. The molecule has 0 bridgehead atoms. The molecule has 1 aromatic heterocycles. The van der Waals surface area contributed by atoms with Crippen molar-refractivity contribution in [1.29, 1.82) is 0 Å². The van der Waals surface area contributed by atoms with E-state index in [2.05, 4.69) is 30.8 Å². The van der Waals surface area contributed by atoms with E-state index in [-0.39, 0.29) is 5.60 Å². The molecule has 42 heavy (non-hydrogen) atoms. The third-order valence-electron chi connectivity index (χ3n) is 8.91. The summed E-state index contributed by atoms with van der Waals surface area (Å²) in [5, 5.41) is 7.79. The number of nitrogens with zero attached hydrogens (tertiary/aromatic N) is 4. The maximum atomic E-state index is 15.1. The molecule has 1 saturated heterocycles. The minimum absolute atomic E-state index is 0.286. The van der Waals surface area contributed by atoms with Crippen LogP contribution in [0.5, 0.6) is 5.75 Å². The van der Waals surface area contributed by atoms with E-state index in [1.165, 1.54) is 0 Å². The van der Waals surface area contributed by atoms with E-state index < -0.39 is 10.0 Å². The van der Waals surface area contributed by atoms with Crippen LogP contribution in [0.3, 0.4) is 0 Å². The van der Waals surface area contributed by atoms with Crippen molar-refractivity contribution in [3.63, 3.8) is 0 Å². The van der Waals surface area contributed by atoms with Crippen LogP contribution in [-0.4, -0.2) is 67.3 Å². The van der Waals surface area contributed by atoms with Gasteiger partial charge < -0.3 is 9.64 Å². The van der Waals surface area contributed by atoms with Gasteiger partial charge in [0.1, 0.15) is 11.4 Å². The maximum Gasteiger partial charge on any atom is 0.269 e. The Hall–Kier alpha value is -3.62. The number of likely N-dealkylation sites (N-methyl/N-ethyl adjacent to an activating group) is 1. The molecule has 0 spiro atoms. The first kappa shape index (κ1) is 28.5.